The minimum atomic E-state index is -0.382. The Bertz CT molecular complexity index is 319. The zero-order valence-corrected chi connectivity index (χ0v) is 9.36. The Kier molecular flexibility index (Phi) is 4.16. The molecule has 3 nitrogen and oxygen atoms in total. The standard InChI is InChI=1S/C12H18N2O/c1-3-4-9-14(12(13)15)11-7-5-10(2)6-8-11/h5-8H,3-4,9H2,1-2H3,(H2,13,15). The average molecular weight is 206 g/mol. The van der Waals surface area contributed by atoms with Gasteiger partial charge in [0.05, 0.1) is 0 Å². The van der Waals surface area contributed by atoms with Crippen LogP contribution in [-0.4, -0.2) is 12.6 Å². The van der Waals surface area contributed by atoms with Crippen LogP contribution in [0.3, 0.4) is 0 Å². The highest BCUT2D eigenvalue weighted by Gasteiger charge is 2.10. The number of nitrogens with zero attached hydrogens (tertiary/aromatic N) is 1. The molecule has 0 fully saturated rings. The second-order valence-electron chi connectivity index (χ2n) is 3.68. The van der Waals surface area contributed by atoms with Gasteiger partial charge in [-0.25, -0.2) is 4.79 Å². The first-order chi connectivity index (χ1) is 7.15. The van der Waals surface area contributed by atoms with Gasteiger partial charge in [-0.2, -0.15) is 0 Å². The number of rotatable bonds is 4. The van der Waals surface area contributed by atoms with Crippen molar-refractivity contribution in [1.29, 1.82) is 0 Å². The van der Waals surface area contributed by atoms with Crippen molar-refractivity contribution in [3.63, 3.8) is 0 Å². The number of hydrogen-bond acceptors (Lipinski definition) is 1. The first-order valence-corrected chi connectivity index (χ1v) is 5.28. The number of primary amides is 1. The van der Waals surface area contributed by atoms with Crippen LogP contribution in [0.4, 0.5) is 10.5 Å². The molecular formula is C12H18N2O. The van der Waals surface area contributed by atoms with Crippen LogP contribution in [0.25, 0.3) is 0 Å². The van der Waals surface area contributed by atoms with Crippen LogP contribution in [0.5, 0.6) is 0 Å². The van der Waals surface area contributed by atoms with Crippen molar-refractivity contribution in [1.82, 2.24) is 0 Å². The Balaban J connectivity index is 2.79. The first kappa shape index (κ1) is 11.6. The van der Waals surface area contributed by atoms with E-state index in [2.05, 4.69) is 6.92 Å². The Morgan fingerprint density at radius 3 is 2.40 bits per heavy atom. The number of unbranched alkanes of at least 4 members (excludes halogenated alkanes) is 1. The molecule has 3 heteroatoms. The highest BCUT2D eigenvalue weighted by Crippen LogP contribution is 2.15. The Labute approximate surface area is 90.9 Å². The van der Waals surface area contributed by atoms with E-state index in [0.717, 1.165) is 18.5 Å². The van der Waals surface area contributed by atoms with Gasteiger partial charge in [0.25, 0.3) is 0 Å². The van der Waals surface area contributed by atoms with Gasteiger partial charge in [-0.1, -0.05) is 31.0 Å². The molecule has 0 bridgehead atoms. The Morgan fingerprint density at radius 1 is 1.33 bits per heavy atom. The summed E-state index contributed by atoms with van der Waals surface area (Å²) < 4.78 is 0. The van der Waals surface area contributed by atoms with Gasteiger partial charge in [0, 0.05) is 12.2 Å². The molecule has 0 aromatic heterocycles. The van der Waals surface area contributed by atoms with E-state index in [4.69, 9.17) is 5.73 Å². The fraction of sp³-hybridized carbons (Fsp3) is 0.417. The van der Waals surface area contributed by atoms with Crippen molar-refractivity contribution in [2.24, 2.45) is 5.73 Å². The van der Waals surface area contributed by atoms with E-state index < -0.39 is 0 Å². The second-order valence-corrected chi connectivity index (χ2v) is 3.68. The molecule has 0 saturated carbocycles. The highest BCUT2D eigenvalue weighted by molar-refractivity contribution is 5.90. The molecule has 0 aliphatic carbocycles. The molecule has 1 rings (SSSR count). The van der Waals surface area contributed by atoms with E-state index in [-0.39, 0.29) is 6.03 Å². The number of hydrogen-bond donors (Lipinski definition) is 1. The number of carbonyl (C=O) groups is 1. The van der Waals surface area contributed by atoms with E-state index in [0.29, 0.717) is 6.54 Å². The number of urea groups is 1. The fourth-order valence-corrected chi connectivity index (χ4v) is 1.41. The third-order valence-electron chi connectivity index (χ3n) is 2.35. The summed E-state index contributed by atoms with van der Waals surface area (Å²) in [6.45, 7) is 4.80. The molecule has 1 aromatic rings. The number of anilines is 1. The molecule has 0 saturated heterocycles. The molecule has 0 spiro atoms. The highest BCUT2D eigenvalue weighted by atomic mass is 16.2. The topological polar surface area (TPSA) is 46.3 Å². The smallest absolute Gasteiger partial charge is 0.319 e. The van der Waals surface area contributed by atoms with Crippen LogP contribution in [0.1, 0.15) is 25.3 Å². The van der Waals surface area contributed by atoms with Crippen molar-refractivity contribution in [3.8, 4) is 0 Å². The quantitative estimate of drug-likeness (QED) is 0.808. The lowest BCUT2D eigenvalue weighted by molar-refractivity contribution is 0.254. The van der Waals surface area contributed by atoms with Gasteiger partial charge in [-0.3, -0.25) is 4.90 Å². The molecule has 0 unspecified atom stereocenters. The van der Waals surface area contributed by atoms with Crippen LogP contribution in [-0.2, 0) is 0 Å². The maximum Gasteiger partial charge on any atom is 0.319 e. The summed E-state index contributed by atoms with van der Waals surface area (Å²) in [5, 5.41) is 0. The van der Waals surface area contributed by atoms with Crippen LogP contribution in [0, 0.1) is 6.92 Å². The van der Waals surface area contributed by atoms with Crippen molar-refractivity contribution in [2.45, 2.75) is 26.7 Å². The molecule has 0 radical (unpaired) electrons. The van der Waals surface area contributed by atoms with Crippen LogP contribution < -0.4 is 10.6 Å². The van der Waals surface area contributed by atoms with Gasteiger partial charge >= 0.3 is 6.03 Å². The summed E-state index contributed by atoms with van der Waals surface area (Å²) in [5.41, 5.74) is 7.39. The normalized spacial score (nSPS) is 10.0. The zero-order valence-electron chi connectivity index (χ0n) is 9.36. The number of aryl methyl sites for hydroxylation is 1. The predicted molar refractivity (Wildman–Crippen MR) is 63.0 cm³/mol. The van der Waals surface area contributed by atoms with E-state index in [1.54, 1.807) is 4.90 Å². The van der Waals surface area contributed by atoms with Gasteiger partial charge in [-0.05, 0) is 25.5 Å². The van der Waals surface area contributed by atoms with Gasteiger partial charge in [0.1, 0.15) is 0 Å². The molecule has 2 N–H and O–H groups in total. The summed E-state index contributed by atoms with van der Waals surface area (Å²) in [4.78, 5) is 12.9. The van der Waals surface area contributed by atoms with E-state index in [1.165, 1.54) is 5.56 Å². The maximum atomic E-state index is 11.2. The summed E-state index contributed by atoms with van der Waals surface area (Å²) in [6.07, 6.45) is 2.02. The predicted octanol–water partition coefficient (Wildman–Crippen LogP) is 2.68. The molecule has 0 atom stereocenters. The fourth-order valence-electron chi connectivity index (χ4n) is 1.41. The summed E-state index contributed by atoms with van der Waals surface area (Å²) in [5.74, 6) is 0. The molecule has 2 amide bonds. The van der Waals surface area contributed by atoms with E-state index in [9.17, 15) is 4.79 Å². The SMILES string of the molecule is CCCCN(C(N)=O)c1ccc(C)cc1. The van der Waals surface area contributed by atoms with Crippen molar-refractivity contribution in [2.75, 3.05) is 11.4 Å². The molecule has 15 heavy (non-hydrogen) atoms. The first-order valence-electron chi connectivity index (χ1n) is 5.28. The molecule has 0 aliphatic heterocycles. The largest absolute Gasteiger partial charge is 0.351 e. The van der Waals surface area contributed by atoms with Gasteiger partial charge in [0.2, 0.25) is 0 Å². The third-order valence-corrected chi connectivity index (χ3v) is 2.35. The lowest BCUT2D eigenvalue weighted by Crippen LogP contribution is -2.36. The van der Waals surface area contributed by atoms with Gasteiger partial charge in [0.15, 0.2) is 0 Å². The van der Waals surface area contributed by atoms with Crippen LogP contribution in [0.2, 0.25) is 0 Å². The zero-order chi connectivity index (χ0) is 11.3. The van der Waals surface area contributed by atoms with Gasteiger partial charge in [-0.15, -0.1) is 0 Å². The van der Waals surface area contributed by atoms with Crippen LogP contribution >= 0.6 is 0 Å². The monoisotopic (exact) mass is 206 g/mol. The summed E-state index contributed by atoms with van der Waals surface area (Å²) in [6, 6.07) is 7.44. The average Bonchev–Trinajstić information content (AvgIpc) is 2.21. The molecular weight excluding hydrogens is 188 g/mol. The number of amides is 2. The van der Waals surface area contributed by atoms with Gasteiger partial charge < -0.3 is 5.73 Å². The van der Waals surface area contributed by atoms with Crippen molar-refractivity contribution in [3.05, 3.63) is 29.8 Å². The second kappa shape index (κ2) is 5.39. The molecule has 1 aromatic carbocycles. The Morgan fingerprint density at radius 2 is 1.93 bits per heavy atom. The molecule has 82 valence electrons. The number of benzene rings is 1. The van der Waals surface area contributed by atoms with E-state index >= 15 is 0 Å². The summed E-state index contributed by atoms with van der Waals surface area (Å²) in [7, 11) is 0. The molecule has 0 aliphatic rings. The third kappa shape index (κ3) is 3.27. The van der Waals surface area contributed by atoms with Crippen molar-refractivity contribution >= 4 is 11.7 Å². The molecule has 0 heterocycles. The Hall–Kier alpha value is -1.51. The van der Waals surface area contributed by atoms with Crippen LogP contribution in [0.15, 0.2) is 24.3 Å². The number of nitrogens with two attached hydrogens (primary N) is 1. The van der Waals surface area contributed by atoms with Crippen molar-refractivity contribution < 1.29 is 4.79 Å². The lowest BCUT2D eigenvalue weighted by Gasteiger charge is -2.20. The maximum absolute atomic E-state index is 11.2. The minimum absolute atomic E-state index is 0.382. The number of carbonyl (C=O) groups excluding carboxylic acids is 1. The minimum Gasteiger partial charge on any atom is -0.351 e. The lowest BCUT2D eigenvalue weighted by atomic mass is 10.2. The van der Waals surface area contributed by atoms with E-state index in [1.807, 2.05) is 31.2 Å². The summed E-state index contributed by atoms with van der Waals surface area (Å²) >= 11 is 0.